The number of benzene rings is 1. The van der Waals surface area contributed by atoms with Crippen LogP contribution < -0.4 is 0 Å². The number of halogens is 1. The van der Waals surface area contributed by atoms with Crippen LogP contribution in [0.15, 0.2) is 18.2 Å². The fourth-order valence-corrected chi connectivity index (χ4v) is 2.93. The third kappa shape index (κ3) is 2.63. The molecule has 19 heavy (non-hydrogen) atoms. The van der Waals surface area contributed by atoms with Crippen LogP contribution in [-0.2, 0) is 0 Å². The Hall–Kier alpha value is -1.42. The molecule has 1 N–H and O–H groups in total. The van der Waals surface area contributed by atoms with Gasteiger partial charge in [0.15, 0.2) is 0 Å². The second kappa shape index (κ2) is 4.93. The second-order valence-corrected chi connectivity index (χ2v) is 5.92. The fraction of sp³-hybridized carbons (Fsp3) is 0.533. The third-order valence-corrected chi connectivity index (χ3v) is 3.74. The minimum atomic E-state index is -0.212. The van der Waals surface area contributed by atoms with Crippen molar-refractivity contribution < 1.29 is 4.39 Å². The number of rotatable bonds is 3. The van der Waals surface area contributed by atoms with Crippen LogP contribution in [0.4, 0.5) is 4.39 Å². The van der Waals surface area contributed by atoms with E-state index in [0.29, 0.717) is 11.8 Å². The number of aromatic amines is 1. The lowest BCUT2D eigenvalue weighted by molar-refractivity contribution is 0.294. The van der Waals surface area contributed by atoms with Crippen LogP contribution in [0.5, 0.6) is 0 Å². The molecule has 1 saturated heterocycles. The van der Waals surface area contributed by atoms with Gasteiger partial charge in [-0.05, 0) is 37.1 Å². The lowest BCUT2D eigenvalue weighted by Gasteiger charge is -2.17. The number of aromatic nitrogens is 2. The summed E-state index contributed by atoms with van der Waals surface area (Å²) in [5.41, 5.74) is 1.66. The van der Waals surface area contributed by atoms with Crippen LogP contribution in [0.25, 0.3) is 11.0 Å². The summed E-state index contributed by atoms with van der Waals surface area (Å²) in [6.07, 6.45) is 1.13. The van der Waals surface area contributed by atoms with Crippen molar-refractivity contribution in [2.24, 2.45) is 5.92 Å². The van der Waals surface area contributed by atoms with Gasteiger partial charge in [0, 0.05) is 19.0 Å². The zero-order valence-electron chi connectivity index (χ0n) is 11.5. The number of nitrogens with zero attached hydrogens (tertiary/aromatic N) is 2. The molecule has 1 atom stereocenters. The van der Waals surface area contributed by atoms with Gasteiger partial charge < -0.3 is 9.88 Å². The van der Waals surface area contributed by atoms with E-state index in [1.807, 2.05) is 0 Å². The van der Waals surface area contributed by atoms with Gasteiger partial charge >= 0.3 is 0 Å². The summed E-state index contributed by atoms with van der Waals surface area (Å²) < 4.78 is 13.2. The molecule has 0 bridgehead atoms. The highest BCUT2D eigenvalue weighted by Gasteiger charge is 2.26. The van der Waals surface area contributed by atoms with Crippen molar-refractivity contribution in [2.45, 2.75) is 26.2 Å². The number of imidazole rings is 1. The van der Waals surface area contributed by atoms with Crippen molar-refractivity contribution >= 4 is 11.0 Å². The summed E-state index contributed by atoms with van der Waals surface area (Å²) >= 11 is 0. The van der Waals surface area contributed by atoms with E-state index in [-0.39, 0.29) is 5.82 Å². The van der Waals surface area contributed by atoms with E-state index < -0.39 is 0 Å². The van der Waals surface area contributed by atoms with Gasteiger partial charge in [0.05, 0.1) is 11.0 Å². The monoisotopic (exact) mass is 261 g/mol. The second-order valence-electron chi connectivity index (χ2n) is 5.92. The number of hydrogen-bond acceptors (Lipinski definition) is 2. The molecule has 2 aromatic rings. The minimum Gasteiger partial charge on any atom is -0.342 e. The average Bonchev–Trinajstić information content (AvgIpc) is 2.93. The van der Waals surface area contributed by atoms with Crippen molar-refractivity contribution in [1.29, 1.82) is 0 Å². The molecule has 0 spiro atoms. The fourth-order valence-electron chi connectivity index (χ4n) is 2.93. The molecule has 102 valence electrons. The van der Waals surface area contributed by atoms with Crippen molar-refractivity contribution in [2.75, 3.05) is 19.6 Å². The van der Waals surface area contributed by atoms with E-state index in [2.05, 4.69) is 28.7 Å². The van der Waals surface area contributed by atoms with Crippen molar-refractivity contribution in [3.63, 3.8) is 0 Å². The molecule has 1 aromatic heterocycles. The van der Waals surface area contributed by atoms with Crippen molar-refractivity contribution in [3.8, 4) is 0 Å². The third-order valence-electron chi connectivity index (χ3n) is 3.74. The Bertz CT molecular complexity index is 576. The maximum atomic E-state index is 13.2. The summed E-state index contributed by atoms with van der Waals surface area (Å²) in [6.45, 7) is 7.83. The van der Waals surface area contributed by atoms with Gasteiger partial charge in [0.2, 0.25) is 0 Å². The molecule has 1 aliphatic rings. The number of fused-ring (bicyclic) bond motifs is 1. The predicted octanol–water partition coefficient (Wildman–Crippen LogP) is 3.15. The Morgan fingerprint density at radius 3 is 3.11 bits per heavy atom. The van der Waals surface area contributed by atoms with E-state index in [1.54, 1.807) is 6.07 Å². The number of nitrogens with one attached hydrogen (secondary N) is 1. The van der Waals surface area contributed by atoms with Crippen LogP contribution in [0.3, 0.4) is 0 Å². The summed E-state index contributed by atoms with van der Waals surface area (Å²) in [5.74, 6) is 1.94. The van der Waals surface area contributed by atoms with Crippen LogP contribution >= 0.6 is 0 Å². The van der Waals surface area contributed by atoms with Gasteiger partial charge in [-0.1, -0.05) is 13.8 Å². The first-order valence-electron chi connectivity index (χ1n) is 6.99. The molecule has 3 nitrogen and oxygen atoms in total. The number of H-pyrrole nitrogens is 1. The van der Waals surface area contributed by atoms with Gasteiger partial charge in [-0.25, -0.2) is 9.37 Å². The highest BCUT2D eigenvalue weighted by Crippen LogP contribution is 2.27. The molecule has 0 saturated carbocycles. The lowest BCUT2D eigenvalue weighted by Crippen LogP contribution is -2.25. The molecule has 0 amide bonds. The molecule has 4 heteroatoms. The molecular weight excluding hydrogens is 241 g/mol. The Labute approximate surface area is 112 Å². The van der Waals surface area contributed by atoms with Gasteiger partial charge in [-0.3, -0.25) is 0 Å². The van der Waals surface area contributed by atoms with Crippen molar-refractivity contribution in [1.82, 2.24) is 14.9 Å². The quantitative estimate of drug-likeness (QED) is 0.920. The van der Waals surface area contributed by atoms with Gasteiger partial charge in [0.25, 0.3) is 0 Å². The van der Waals surface area contributed by atoms with Crippen LogP contribution in [0.2, 0.25) is 0 Å². The van der Waals surface area contributed by atoms with E-state index in [0.717, 1.165) is 42.9 Å². The van der Waals surface area contributed by atoms with Crippen LogP contribution in [0, 0.1) is 11.7 Å². The summed E-state index contributed by atoms with van der Waals surface area (Å²) in [4.78, 5) is 10.4. The smallest absolute Gasteiger partial charge is 0.125 e. The van der Waals surface area contributed by atoms with Gasteiger partial charge in [0.1, 0.15) is 11.6 Å². The first kappa shape index (κ1) is 12.6. The summed E-state index contributed by atoms with van der Waals surface area (Å²) in [6, 6.07) is 4.73. The Balaban J connectivity index is 1.78. The summed E-state index contributed by atoms with van der Waals surface area (Å²) in [5, 5.41) is 0. The molecule has 0 aliphatic carbocycles. The topological polar surface area (TPSA) is 31.9 Å². The predicted molar refractivity (Wildman–Crippen MR) is 74.7 cm³/mol. The number of hydrogen-bond donors (Lipinski definition) is 1. The maximum Gasteiger partial charge on any atom is 0.125 e. The maximum absolute atomic E-state index is 13.2. The molecular formula is C15H20FN3. The highest BCUT2D eigenvalue weighted by atomic mass is 19.1. The molecule has 1 fully saturated rings. The minimum absolute atomic E-state index is 0.212. The van der Waals surface area contributed by atoms with Gasteiger partial charge in [-0.15, -0.1) is 0 Å². The van der Waals surface area contributed by atoms with Gasteiger partial charge in [-0.2, -0.15) is 0 Å². The Kier molecular flexibility index (Phi) is 3.27. The molecule has 1 aliphatic heterocycles. The normalized spacial score (nSPS) is 20.7. The molecule has 1 aromatic carbocycles. The van der Waals surface area contributed by atoms with Crippen LogP contribution in [0.1, 0.15) is 32.0 Å². The molecule has 0 radical (unpaired) electrons. The zero-order chi connectivity index (χ0) is 13.4. The first-order valence-corrected chi connectivity index (χ1v) is 6.99. The largest absolute Gasteiger partial charge is 0.342 e. The molecule has 2 heterocycles. The van der Waals surface area contributed by atoms with E-state index in [4.69, 9.17) is 0 Å². The Morgan fingerprint density at radius 2 is 2.32 bits per heavy atom. The van der Waals surface area contributed by atoms with E-state index in [1.165, 1.54) is 12.1 Å². The first-order chi connectivity index (χ1) is 9.11. The zero-order valence-corrected chi connectivity index (χ0v) is 11.5. The lowest BCUT2D eigenvalue weighted by atomic mass is 10.1. The van der Waals surface area contributed by atoms with E-state index in [9.17, 15) is 4.39 Å². The summed E-state index contributed by atoms with van der Waals surface area (Å²) in [7, 11) is 0. The number of likely N-dealkylation sites (tertiary alicyclic amines) is 1. The molecule has 1 unspecified atom stereocenters. The van der Waals surface area contributed by atoms with Crippen LogP contribution in [-0.4, -0.2) is 34.5 Å². The Morgan fingerprint density at radius 1 is 1.47 bits per heavy atom. The average molecular weight is 261 g/mol. The SMILES string of the molecule is CC(C)CN1CCC(c2nc3ccc(F)cc3[nH]2)C1. The standard InChI is InChI=1S/C15H20FN3/c1-10(2)8-19-6-5-11(9-19)15-17-13-4-3-12(16)7-14(13)18-15/h3-4,7,10-11H,5-6,8-9H2,1-2H3,(H,17,18). The van der Waals surface area contributed by atoms with Crippen molar-refractivity contribution in [3.05, 3.63) is 29.8 Å². The van der Waals surface area contributed by atoms with E-state index >= 15 is 0 Å². The molecule has 3 rings (SSSR count). The highest BCUT2D eigenvalue weighted by molar-refractivity contribution is 5.75.